The van der Waals surface area contributed by atoms with Crippen LogP contribution in [0.1, 0.15) is 89.5 Å². The fourth-order valence-electron chi connectivity index (χ4n) is 8.98. The van der Waals surface area contributed by atoms with Gasteiger partial charge in [0.2, 0.25) is 47.3 Å². The number of carbonyl (C=O) groups is 10. The molecule has 0 radical (unpaired) electrons. The number of aliphatic hydroxyl groups is 1. The second kappa shape index (κ2) is 32.6. The summed E-state index contributed by atoms with van der Waals surface area (Å²) in [5.74, 6) is -11.0. The Morgan fingerprint density at radius 2 is 1.28 bits per heavy atom. The average molecular weight is 1150 g/mol. The number of nitrogens with one attached hydrogen (secondary N) is 8. The second-order valence-electron chi connectivity index (χ2n) is 20.4. The van der Waals surface area contributed by atoms with Gasteiger partial charge in [0.05, 0.1) is 18.8 Å². The van der Waals surface area contributed by atoms with Gasteiger partial charge in [0, 0.05) is 50.8 Å². The summed E-state index contributed by atoms with van der Waals surface area (Å²) < 4.78 is 0. The summed E-state index contributed by atoms with van der Waals surface area (Å²) in [5.41, 5.74) is 18.1. The van der Waals surface area contributed by atoms with Crippen LogP contribution < -0.4 is 54.4 Å². The summed E-state index contributed by atoms with van der Waals surface area (Å²) in [6, 6.07) is 1.94. The Hall–Kier alpha value is -8.66. The lowest BCUT2D eigenvalue weighted by Crippen LogP contribution is -2.62. The Bertz CT molecular complexity index is 2670. The lowest BCUT2D eigenvalue weighted by atomic mass is 9.96. The number of carbonyl (C=O) groups excluding carboxylic acids is 8. The third-order valence-electron chi connectivity index (χ3n) is 13.7. The van der Waals surface area contributed by atoms with Gasteiger partial charge >= 0.3 is 11.9 Å². The molecule has 0 unspecified atom stereocenters. The smallest absolute Gasteiger partial charge is 0.326 e. The van der Waals surface area contributed by atoms with Crippen LogP contribution in [0.2, 0.25) is 0 Å². The zero-order chi connectivity index (χ0) is 60.6. The summed E-state index contributed by atoms with van der Waals surface area (Å²) in [4.78, 5) is 148. The molecule has 0 bridgehead atoms. The highest BCUT2D eigenvalue weighted by atomic mass is 16.4. The molecule has 28 nitrogen and oxygen atoms in total. The number of hydrogen-bond acceptors (Lipinski definition) is 15. The van der Waals surface area contributed by atoms with Gasteiger partial charge in [0.1, 0.15) is 54.1 Å². The van der Waals surface area contributed by atoms with Crippen molar-refractivity contribution in [3.05, 3.63) is 83.9 Å². The van der Waals surface area contributed by atoms with Gasteiger partial charge in [-0.25, -0.2) is 9.78 Å². The molecule has 4 rings (SSSR count). The number of aliphatic carboxylic acids is 2. The van der Waals surface area contributed by atoms with Gasteiger partial charge < -0.3 is 84.7 Å². The van der Waals surface area contributed by atoms with E-state index in [9.17, 15) is 63.3 Å². The number of aromatic amines is 1. The Balaban J connectivity index is 1.58. The van der Waals surface area contributed by atoms with E-state index < -0.39 is 145 Å². The van der Waals surface area contributed by atoms with Crippen molar-refractivity contribution in [2.45, 2.75) is 146 Å². The summed E-state index contributed by atoms with van der Waals surface area (Å²) in [7, 11) is 0. The van der Waals surface area contributed by atoms with Gasteiger partial charge in [-0.1, -0.05) is 76.6 Å². The number of aromatic hydroxyl groups is 1. The van der Waals surface area contributed by atoms with E-state index in [0.29, 0.717) is 29.7 Å². The molecule has 1 fully saturated rings. The highest BCUT2D eigenvalue weighted by Crippen LogP contribution is 2.21. The SMILES string of the molecule is CC[C@H](C)[C@H](NC(=O)[C@H](Cc1ccc(O)cc1)NC(=O)[C@H](CCO)NC(=O)[C@@H](NC(=O)[C@H](CCCN=C(N)N)NC(=O)[C@@H](N)CC(=O)O)C(C)C)C(=O)N[C@@H](Cc1cnc[nH]1)C(=O)N1CCC[C@H]1C(=O)N[C@@H](Cc1ccccc1)C(=O)O. The standard InChI is InChI=1S/C54H78N14O14/c1-5-30(4)44(51(79)64-39(25-33-27-58-28-60-33)52(80)68-21-10-14-41(68)49(77)65-40(53(81)82)24-31-11-7-6-8-12-31)67-48(76)38(23-32-15-17-34(70)18-16-32)63-46(74)37(19-22-69)62-50(78)43(29(2)3)66-47(75)36(13-9-20-59-54(56)57)61-45(73)35(55)26-42(71)72/h6-8,11-12,15-18,27-30,35-41,43-44,69-70H,5,9-10,13-14,19-26,55H2,1-4H3,(H,58,60)(H,61,73)(H,62,78)(H,63,74)(H,64,79)(H,65,77)(H,66,75)(H,67,76)(H,71,72)(H,81,82)(H4,56,57,59)/t30-,35-,36-,37-,38-,39-,40-,41-,43-,44-/m0/s1. The number of H-pyrrole nitrogens is 1. The van der Waals surface area contributed by atoms with Crippen molar-refractivity contribution in [2.24, 2.45) is 34.0 Å². The van der Waals surface area contributed by atoms with E-state index in [4.69, 9.17) is 22.3 Å². The first-order valence-corrected chi connectivity index (χ1v) is 27.0. The summed E-state index contributed by atoms with van der Waals surface area (Å²) in [6.07, 6.45) is 2.25. The maximum atomic E-state index is 14.6. The topological polar surface area (TPSA) is 458 Å². The van der Waals surface area contributed by atoms with Crippen molar-refractivity contribution < 1.29 is 68.4 Å². The molecule has 1 saturated heterocycles. The maximum Gasteiger partial charge on any atom is 0.326 e. The number of phenolic OH excluding ortho intramolecular Hbond substituents is 1. The number of nitrogens with two attached hydrogens (primary N) is 3. The first kappa shape index (κ1) is 65.9. The molecule has 2 heterocycles. The van der Waals surface area contributed by atoms with Gasteiger partial charge in [-0.3, -0.25) is 48.1 Å². The molecule has 18 N–H and O–H groups in total. The Labute approximate surface area is 474 Å². The normalized spacial score (nSPS) is 16.3. The average Bonchev–Trinajstić information content (AvgIpc) is 4.28. The Morgan fingerprint density at radius 1 is 0.707 bits per heavy atom. The van der Waals surface area contributed by atoms with E-state index in [2.05, 4.69) is 52.2 Å². The first-order chi connectivity index (χ1) is 38.9. The third-order valence-corrected chi connectivity index (χ3v) is 13.7. The molecule has 3 aromatic rings. The number of aromatic nitrogens is 2. The lowest BCUT2D eigenvalue weighted by molar-refractivity contribution is -0.145. The lowest BCUT2D eigenvalue weighted by Gasteiger charge is -2.32. The number of aliphatic hydroxyl groups excluding tert-OH is 1. The molecule has 1 aliphatic rings. The molecule has 1 aromatic heterocycles. The summed E-state index contributed by atoms with van der Waals surface area (Å²) in [6.45, 7) is 6.08. The van der Waals surface area contributed by atoms with Gasteiger partial charge in [-0.2, -0.15) is 0 Å². The van der Waals surface area contributed by atoms with Crippen molar-refractivity contribution in [1.82, 2.24) is 52.1 Å². The van der Waals surface area contributed by atoms with Gasteiger partial charge in [-0.05, 0) is 67.2 Å². The number of phenols is 1. The van der Waals surface area contributed by atoms with Crippen LogP contribution in [0.25, 0.3) is 0 Å². The Morgan fingerprint density at radius 3 is 1.88 bits per heavy atom. The molecule has 0 aliphatic carbocycles. The molecule has 8 amide bonds. The van der Waals surface area contributed by atoms with Crippen molar-refractivity contribution >= 4 is 65.2 Å². The van der Waals surface area contributed by atoms with Gasteiger partial charge in [0.15, 0.2) is 5.96 Å². The van der Waals surface area contributed by atoms with Crippen LogP contribution in [0, 0.1) is 11.8 Å². The predicted molar refractivity (Wildman–Crippen MR) is 296 cm³/mol. The minimum absolute atomic E-state index is 0.0168. The van der Waals surface area contributed by atoms with Crippen molar-refractivity contribution in [3.8, 4) is 5.75 Å². The largest absolute Gasteiger partial charge is 0.508 e. The molecule has 0 spiro atoms. The fourth-order valence-corrected chi connectivity index (χ4v) is 8.98. The van der Waals surface area contributed by atoms with Crippen molar-refractivity contribution in [2.75, 3.05) is 19.7 Å². The molecule has 448 valence electrons. The number of nitrogens with zero attached hydrogens (tertiary/aromatic N) is 3. The number of aliphatic imine (C=N–C) groups is 1. The van der Waals surface area contributed by atoms with Crippen LogP contribution in [0.3, 0.4) is 0 Å². The quantitative estimate of drug-likeness (QED) is 0.0171. The number of amides is 8. The highest BCUT2D eigenvalue weighted by Gasteiger charge is 2.41. The number of carboxylic acid groups (broad SMARTS) is 2. The minimum Gasteiger partial charge on any atom is -0.508 e. The number of hydrogen-bond donors (Lipinski definition) is 15. The number of likely N-dealkylation sites (tertiary alicyclic amines) is 1. The Kier molecular flexibility index (Phi) is 26.1. The van der Waals surface area contributed by atoms with Crippen LogP contribution in [0.5, 0.6) is 5.75 Å². The molecule has 1 aliphatic heterocycles. The predicted octanol–water partition coefficient (Wildman–Crippen LogP) is -2.45. The van der Waals surface area contributed by atoms with E-state index >= 15 is 0 Å². The van der Waals surface area contributed by atoms with Crippen LogP contribution in [0.15, 0.2) is 72.1 Å². The minimum atomic E-state index is -1.55. The number of benzene rings is 2. The summed E-state index contributed by atoms with van der Waals surface area (Å²) in [5, 5.41) is 57.6. The number of carboxylic acids is 2. The molecule has 82 heavy (non-hydrogen) atoms. The highest BCUT2D eigenvalue weighted by molar-refractivity contribution is 5.98. The molecule has 0 saturated carbocycles. The molecule has 28 heteroatoms. The zero-order valence-corrected chi connectivity index (χ0v) is 46.3. The molecular weight excluding hydrogens is 1070 g/mol. The van der Waals surface area contributed by atoms with Crippen molar-refractivity contribution in [3.63, 3.8) is 0 Å². The van der Waals surface area contributed by atoms with Crippen LogP contribution in [-0.2, 0) is 67.2 Å². The van der Waals surface area contributed by atoms with Crippen LogP contribution in [0.4, 0.5) is 0 Å². The van der Waals surface area contributed by atoms with E-state index in [1.54, 1.807) is 58.0 Å². The molecule has 10 atom stereocenters. The van der Waals surface area contributed by atoms with Crippen LogP contribution in [-0.4, -0.2) is 175 Å². The van der Waals surface area contributed by atoms with Gasteiger partial charge in [-0.15, -0.1) is 0 Å². The monoisotopic (exact) mass is 1150 g/mol. The van der Waals surface area contributed by atoms with Crippen LogP contribution >= 0.6 is 0 Å². The molecule has 2 aromatic carbocycles. The van der Waals surface area contributed by atoms with Crippen molar-refractivity contribution in [1.29, 1.82) is 0 Å². The fraction of sp³-hybridized carbons (Fsp3) is 0.519. The third kappa shape index (κ3) is 20.8. The van der Waals surface area contributed by atoms with E-state index in [0.717, 1.165) is 0 Å². The number of imidazole rings is 1. The van der Waals surface area contributed by atoms with E-state index in [-0.39, 0.29) is 63.3 Å². The second-order valence-corrected chi connectivity index (χ2v) is 20.4. The molecular formula is C54H78N14O14. The first-order valence-electron chi connectivity index (χ1n) is 27.0. The van der Waals surface area contributed by atoms with Gasteiger partial charge in [0.25, 0.3) is 0 Å². The zero-order valence-electron chi connectivity index (χ0n) is 46.3. The maximum absolute atomic E-state index is 14.6. The van der Waals surface area contributed by atoms with E-state index in [1.165, 1.54) is 41.7 Å². The number of rotatable bonds is 33. The summed E-state index contributed by atoms with van der Waals surface area (Å²) >= 11 is 0. The number of guanidine groups is 1. The van der Waals surface area contributed by atoms with E-state index in [1.807, 2.05) is 0 Å².